The Bertz CT molecular complexity index is 647. The van der Waals surface area contributed by atoms with E-state index in [1.54, 1.807) is 0 Å². The SMILES string of the molecule is O=C1O[C@@H](c2ccccc2)[C@@H]2C(=O)O[C@@H](c3ccccc3)[C@H]12. The zero-order chi connectivity index (χ0) is 15.1. The van der Waals surface area contributed by atoms with Crippen LogP contribution >= 0.6 is 0 Å². The molecule has 2 aliphatic rings. The van der Waals surface area contributed by atoms with Crippen molar-refractivity contribution in [1.29, 1.82) is 0 Å². The van der Waals surface area contributed by atoms with Gasteiger partial charge < -0.3 is 9.47 Å². The number of esters is 2. The molecule has 22 heavy (non-hydrogen) atoms. The lowest BCUT2D eigenvalue weighted by Crippen LogP contribution is -2.19. The highest BCUT2D eigenvalue weighted by Crippen LogP contribution is 2.51. The predicted molar refractivity (Wildman–Crippen MR) is 77.5 cm³/mol. The second kappa shape index (κ2) is 4.98. The molecule has 0 unspecified atom stereocenters. The Kier molecular flexibility index (Phi) is 2.96. The Balaban J connectivity index is 1.71. The third-order valence-corrected chi connectivity index (χ3v) is 4.33. The van der Waals surface area contributed by atoms with Gasteiger partial charge in [-0.3, -0.25) is 9.59 Å². The molecule has 2 fully saturated rings. The number of cyclic esters (lactones) is 2. The molecule has 110 valence electrons. The maximum Gasteiger partial charge on any atom is 0.314 e. The van der Waals surface area contributed by atoms with Crippen LogP contribution in [-0.2, 0) is 19.1 Å². The van der Waals surface area contributed by atoms with Crippen LogP contribution in [0.15, 0.2) is 60.7 Å². The molecule has 4 heteroatoms. The van der Waals surface area contributed by atoms with Gasteiger partial charge in [-0.1, -0.05) is 60.7 Å². The number of hydrogen-bond acceptors (Lipinski definition) is 4. The van der Waals surface area contributed by atoms with Crippen molar-refractivity contribution in [2.45, 2.75) is 12.2 Å². The summed E-state index contributed by atoms with van der Waals surface area (Å²) in [7, 11) is 0. The Morgan fingerprint density at radius 1 is 0.591 bits per heavy atom. The number of carbonyl (C=O) groups is 2. The van der Waals surface area contributed by atoms with Crippen molar-refractivity contribution < 1.29 is 19.1 Å². The Morgan fingerprint density at radius 3 is 1.32 bits per heavy atom. The second-order valence-electron chi connectivity index (χ2n) is 5.59. The van der Waals surface area contributed by atoms with E-state index in [4.69, 9.17) is 9.47 Å². The number of hydrogen-bond donors (Lipinski definition) is 0. The number of rotatable bonds is 2. The van der Waals surface area contributed by atoms with Gasteiger partial charge in [0.05, 0.1) is 0 Å². The fourth-order valence-electron chi connectivity index (χ4n) is 3.31. The largest absolute Gasteiger partial charge is 0.456 e. The molecule has 0 N–H and O–H groups in total. The van der Waals surface area contributed by atoms with Gasteiger partial charge >= 0.3 is 11.9 Å². The highest BCUT2D eigenvalue weighted by Gasteiger charge is 2.59. The van der Waals surface area contributed by atoms with Crippen LogP contribution in [0.25, 0.3) is 0 Å². The summed E-state index contributed by atoms with van der Waals surface area (Å²) >= 11 is 0. The monoisotopic (exact) mass is 294 g/mol. The highest BCUT2D eigenvalue weighted by molar-refractivity contribution is 5.89. The summed E-state index contributed by atoms with van der Waals surface area (Å²) in [5.74, 6) is -1.86. The fraction of sp³-hybridized carbons (Fsp3) is 0.222. The van der Waals surface area contributed by atoms with Crippen LogP contribution in [0.3, 0.4) is 0 Å². The summed E-state index contributed by atoms with van der Waals surface area (Å²) in [6, 6.07) is 18.7. The first-order valence-electron chi connectivity index (χ1n) is 7.26. The van der Waals surface area contributed by atoms with E-state index in [-0.39, 0.29) is 11.9 Å². The van der Waals surface area contributed by atoms with Gasteiger partial charge in [0.2, 0.25) is 0 Å². The molecule has 0 bridgehead atoms. The van der Waals surface area contributed by atoms with E-state index < -0.39 is 24.0 Å². The maximum atomic E-state index is 12.3. The minimum absolute atomic E-state index is 0.362. The number of fused-ring (bicyclic) bond motifs is 1. The van der Waals surface area contributed by atoms with Crippen LogP contribution in [0.2, 0.25) is 0 Å². The fourth-order valence-corrected chi connectivity index (χ4v) is 3.31. The summed E-state index contributed by atoms with van der Waals surface area (Å²) in [4.78, 5) is 24.6. The third-order valence-electron chi connectivity index (χ3n) is 4.33. The molecule has 0 saturated carbocycles. The van der Waals surface area contributed by atoms with Crippen LogP contribution < -0.4 is 0 Å². The summed E-state index contributed by atoms with van der Waals surface area (Å²) in [6.45, 7) is 0. The molecule has 2 aliphatic heterocycles. The second-order valence-corrected chi connectivity index (χ2v) is 5.59. The van der Waals surface area contributed by atoms with E-state index in [0.717, 1.165) is 11.1 Å². The minimum atomic E-state index is -0.569. The van der Waals surface area contributed by atoms with Crippen molar-refractivity contribution in [3.8, 4) is 0 Å². The van der Waals surface area contributed by atoms with Crippen LogP contribution in [0.4, 0.5) is 0 Å². The zero-order valence-electron chi connectivity index (χ0n) is 11.7. The molecular weight excluding hydrogens is 280 g/mol. The number of ether oxygens (including phenoxy) is 2. The molecule has 4 rings (SSSR count). The van der Waals surface area contributed by atoms with Crippen LogP contribution in [0, 0.1) is 11.8 Å². The van der Waals surface area contributed by atoms with E-state index in [2.05, 4.69) is 0 Å². The lowest BCUT2D eigenvalue weighted by molar-refractivity contribution is -0.154. The van der Waals surface area contributed by atoms with Gasteiger partial charge in [0, 0.05) is 0 Å². The Morgan fingerprint density at radius 2 is 0.955 bits per heavy atom. The predicted octanol–water partition coefficient (Wildman–Crippen LogP) is 2.82. The topological polar surface area (TPSA) is 52.6 Å². The summed E-state index contributed by atoms with van der Waals surface area (Å²) in [5.41, 5.74) is 1.66. The number of carbonyl (C=O) groups excluding carboxylic acids is 2. The number of benzene rings is 2. The molecule has 0 amide bonds. The van der Waals surface area contributed by atoms with Gasteiger partial charge in [0.25, 0.3) is 0 Å². The first kappa shape index (κ1) is 13.1. The van der Waals surface area contributed by atoms with Crippen molar-refractivity contribution in [1.82, 2.24) is 0 Å². The Labute approximate surface area is 127 Å². The summed E-state index contributed by atoms with van der Waals surface area (Å²) < 4.78 is 11.0. The smallest absolute Gasteiger partial charge is 0.314 e. The molecule has 2 heterocycles. The maximum absolute atomic E-state index is 12.3. The minimum Gasteiger partial charge on any atom is -0.456 e. The van der Waals surface area contributed by atoms with Crippen molar-refractivity contribution in [3.63, 3.8) is 0 Å². The first-order chi connectivity index (χ1) is 10.8. The van der Waals surface area contributed by atoms with Gasteiger partial charge in [0.15, 0.2) is 0 Å². The molecule has 0 aromatic heterocycles. The van der Waals surface area contributed by atoms with Gasteiger partial charge in [-0.05, 0) is 11.1 Å². The highest BCUT2D eigenvalue weighted by atomic mass is 16.6. The molecule has 0 aliphatic carbocycles. The molecule has 2 aromatic rings. The van der Waals surface area contributed by atoms with E-state index in [9.17, 15) is 9.59 Å². The zero-order valence-corrected chi connectivity index (χ0v) is 11.7. The first-order valence-corrected chi connectivity index (χ1v) is 7.26. The lowest BCUT2D eigenvalue weighted by atomic mass is 9.84. The van der Waals surface area contributed by atoms with Gasteiger partial charge in [0.1, 0.15) is 24.0 Å². The molecule has 4 atom stereocenters. The molecule has 2 aromatic carbocycles. The molecular formula is C18H14O4. The van der Waals surface area contributed by atoms with Crippen molar-refractivity contribution in [2.75, 3.05) is 0 Å². The molecule has 0 radical (unpaired) electrons. The quantitative estimate of drug-likeness (QED) is 0.799. The average molecular weight is 294 g/mol. The van der Waals surface area contributed by atoms with Crippen molar-refractivity contribution >= 4 is 11.9 Å². The molecule has 2 saturated heterocycles. The average Bonchev–Trinajstić information content (AvgIpc) is 3.09. The van der Waals surface area contributed by atoms with Crippen LogP contribution in [0.5, 0.6) is 0 Å². The molecule has 0 spiro atoms. The van der Waals surface area contributed by atoms with Crippen LogP contribution in [-0.4, -0.2) is 11.9 Å². The van der Waals surface area contributed by atoms with Crippen molar-refractivity contribution in [3.05, 3.63) is 71.8 Å². The third kappa shape index (κ3) is 1.91. The normalized spacial score (nSPS) is 29.8. The summed E-state index contributed by atoms with van der Waals surface area (Å²) in [6.07, 6.45) is -1.11. The van der Waals surface area contributed by atoms with Gasteiger partial charge in [-0.25, -0.2) is 0 Å². The summed E-state index contributed by atoms with van der Waals surface area (Å²) in [5, 5.41) is 0. The van der Waals surface area contributed by atoms with E-state index in [0.29, 0.717) is 0 Å². The van der Waals surface area contributed by atoms with E-state index in [1.807, 2.05) is 60.7 Å². The van der Waals surface area contributed by atoms with E-state index in [1.165, 1.54) is 0 Å². The Hall–Kier alpha value is -2.62. The lowest BCUT2D eigenvalue weighted by Gasteiger charge is -2.14. The molecule has 4 nitrogen and oxygen atoms in total. The van der Waals surface area contributed by atoms with Crippen molar-refractivity contribution in [2.24, 2.45) is 11.8 Å². The van der Waals surface area contributed by atoms with E-state index >= 15 is 0 Å². The van der Waals surface area contributed by atoms with Gasteiger partial charge in [-0.15, -0.1) is 0 Å². The van der Waals surface area contributed by atoms with Gasteiger partial charge in [-0.2, -0.15) is 0 Å². The van der Waals surface area contributed by atoms with Crippen LogP contribution in [0.1, 0.15) is 23.3 Å². The standard InChI is InChI=1S/C18H14O4/c19-17-13-14(16(22-17)12-9-5-2-6-10-12)18(20)21-15(13)11-7-3-1-4-8-11/h1-10,13-16H/t13-,14-,15+,16+/m1/s1.